The Morgan fingerprint density at radius 3 is 1.58 bits per heavy atom. The molecule has 1 aromatic heterocycles. The minimum atomic E-state index is -0.510. The van der Waals surface area contributed by atoms with Gasteiger partial charge in [-0.15, -0.1) is 0 Å². The van der Waals surface area contributed by atoms with Crippen molar-refractivity contribution in [3.8, 4) is 27.9 Å². The Morgan fingerprint density at radius 2 is 0.892 bits per heavy atom. The average Bonchev–Trinajstić information content (AvgIpc) is 3.88. The zero-order valence-electron chi connectivity index (χ0n) is 35.6. The van der Waals surface area contributed by atoms with Crippen molar-refractivity contribution in [3.05, 3.63) is 277 Å². The van der Waals surface area contributed by atoms with E-state index in [1.165, 1.54) is 76.7 Å². The van der Waals surface area contributed by atoms with Crippen molar-refractivity contribution in [2.75, 3.05) is 4.90 Å². The highest BCUT2D eigenvalue weighted by Crippen LogP contribution is 2.58. The minimum Gasteiger partial charge on any atom is -0.310 e. The highest BCUT2D eigenvalue weighted by atomic mass is 15.1. The third-order valence-electron chi connectivity index (χ3n) is 13.8. The van der Waals surface area contributed by atoms with Gasteiger partial charge in [-0.3, -0.25) is 0 Å². The van der Waals surface area contributed by atoms with Crippen molar-refractivity contribution in [1.82, 2.24) is 4.57 Å². The predicted molar refractivity (Wildman–Crippen MR) is 273 cm³/mol. The summed E-state index contributed by atoms with van der Waals surface area (Å²) < 4.78 is 2.54. The second-order valence-corrected chi connectivity index (χ2v) is 17.2. The van der Waals surface area contributed by atoms with E-state index in [0.29, 0.717) is 0 Å². The highest BCUT2D eigenvalue weighted by Gasteiger charge is 2.46. The minimum absolute atomic E-state index is 0.510. The predicted octanol–water partition coefficient (Wildman–Crippen LogP) is 16.6. The Kier molecular flexibility index (Phi) is 8.47. The van der Waals surface area contributed by atoms with E-state index in [0.717, 1.165) is 33.9 Å². The molecule has 1 heterocycles. The fourth-order valence-electron chi connectivity index (χ4n) is 11.1. The lowest BCUT2D eigenvalue weighted by atomic mass is 9.67. The van der Waals surface area contributed by atoms with E-state index in [2.05, 4.69) is 264 Å². The van der Waals surface area contributed by atoms with Gasteiger partial charge in [0.05, 0.1) is 22.1 Å². The van der Waals surface area contributed by atoms with Crippen molar-refractivity contribution in [2.24, 2.45) is 0 Å². The largest absolute Gasteiger partial charge is 0.310 e. The van der Waals surface area contributed by atoms with Gasteiger partial charge in [-0.1, -0.05) is 206 Å². The van der Waals surface area contributed by atoms with Gasteiger partial charge in [-0.2, -0.15) is 0 Å². The van der Waals surface area contributed by atoms with Crippen LogP contribution in [0.5, 0.6) is 0 Å². The normalized spacial score (nSPS) is 12.7. The number of anilines is 3. The molecular weight excluding hydrogens is 785 g/mol. The molecule has 0 spiro atoms. The maximum Gasteiger partial charge on any atom is 0.0713 e. The van der Waals surface area contributed by atoms with Crippen LogP contribution in [-0.4, -0.2) is 4.57 Å². The number of nitrogens with zero attached hydrogens (tertiary/aromatic N) is 2. The third kappa shape index (κ3) is 5.60. The fourth-order valence-corrected chi connectivity index (χ4v) is 11.1. The molecule has 2 heteroatoms. The molecule has 11 aromatic carbocycles. The molecule has 0 bridgehead atoms. The molecule has 0 aliphatic heterocycles. The van der Waals surface area contributed by atoms with Crippen LogP contribution < -0.4 is 4.90 Å². The van der Waals surface area contributed by atoms with Crippen LogP contribution >= 0.6 is 0 Å². The number of benzene rings is 11. The molecule has 304 valence electrons. The Bertz CT molecular complexity index is 3680. The lowest BCUT2D eigenvalue weighted by Gasteiger charge is -2.34. The second-order valence-electron chi connectivity index (χ2n) is 17.2. The standard InChI is InChI=1S/C63H42N2/c1-5-21-46(22-6-1)63(47-23-7-2-8-24-47)57-40-36-50(42-56(57)61-52-30-15-13-19-43(52)35-39-58(61)63)65-60-41-45(34-37-54(60)55-38-33-44-20-14-16-31-53(44)62(55)65)51-29-17-18-32-59(51)64(48-25-9-3-10-26-48)49-27-11-4-12-28-49/h1-42H. The fraction of sp³-hybridized carbons (Fsp3) is 0.0159. The molecule has 0 saturated heterocycles. The van der Waals surface area contributed by atoms with Gasteiger partial charge < -0.3 is 9.47 Å². The summed E-state index contributed by atoms with van der Waals surface area (Å²) in [4.78, 5) is 2.37. The van der Waals surface area contributed by atoms with Crippen LogP contribution in [0, 0.1) is 0 Å². The van der Waals surface area contributed by atoms with Crippen molar-refractivity contribution in [3.63, 3.8) is 0 Å². The van der Waals surface area contributed by atoms with Gasteiger partial charge in [-0.25, -0.2) is 0 Å². The topological polar surface area (TPSA) is 8.17 Å². The quantitative estimate of drug-likeness (QED) is 0.155. The first-order valence-electron chi connectivity index (χ1n) is 22.5. The highest BCUT2D eigenvalue weighted by molar-refractivity contribution is 6.19. The van der Waals surface area contributed by atoms with E-state index in [9.17, 15) is 0 Å². The Labute approximate surface area is 378 Å². The Morgan fingerprint density at radius 1 is 0.354 bits per heavy atom. The van der Waals surface area contributed by atoms with Crippen LogP contribution in [0.15, 0.2) is 255 Å². The summed E-state index contributed by atoms with van der Waals surface area (Å²) in [7, 11) is 0. The smallest absolute Gasteiger partial charge is 0.0713 e. The molecular formula is C63H42N2. The van der Waals surface area contributed by atoms with E-state index in [1.807, 2.05) is 0 Å². The van der Waals surface area contributed by atoms with E-state index >= 15 is 0 Å². The Hall–Kier alpha value is -8.46. The van der Waals surface area contributed by atoms with Gasteiger partial charge in [0.15, 0.2) is 0 Å². The maximum absolute atomic E-state index is 2.54. The third-order valence-corrected chi connectivity index (χ3v) is 13.8. The maximum atomic E-state index is 2.54. The first kappa shape index (κ1) is 37.1. The van der Waals surface area contributed by atoms with E-state index < -0.39 is 5.41 Å². The molecule has 0 fully saturated rings. The van der Waals surface area contributed by atoms with Crippen LogP contribution in [-0.2, 0) is 5.41 Å². The first-order chi connectivity index (χ1) is 32.3. The van der Waals surface area contributed by atoms with Crippen LogP contribution in [0.2, 0.25) is 0 Å². The van der Waals surface area contributed by atoms with Gasteiger partial charge in [-0.05, 0) is 104 Å². The van der Waals surface area contributed by atoms with E-state index in [-0.39, 0.29) is 0 Å². The molecule has 13 rings (SSSR count). The number of rotatable bonds is 7. The molecule has 0 saturated carbocycles. The summed E-state index contributed by atoms with van der Waals surface area (Å²) >= 11 is 0. The molecule has 0 unspecified atom stereocenters. The summed E-state index contributed by atoms with van der Waals surface area (Å²) in [6.07, 6.45) is 0. The molecule has 1 aliphatic carbocycles. The van der Waals surface area contributed by atoms with Crippen molar-refractivity contribution >= 4 is 60.4 Å². The van der Waals surface area contributed by atoms with Crippen LogP contribution in [0.25, 0.3) is 71.3 Å². The number of aromatic nitrogens is 1. The molecule has 1 aliphatic rings. The van der Waals surface area contributed by atoms with Crippen molar-refractivity contribution in [1.29, 1.82) is 0 Å². The molecule has 0 atom stereocenters. The summed E-state index contributed by atoms with van der Waals surface area (Å²) in [5, 5.41) is 7.43. The monoisotopic (exact) mass is 826 g/mol. The second kappa shape index (κ2) is 14.8. The van der Waals surface area contributed by atoms with Crippen molar-refractivity contribution < 1.29 is 0 Å². The summed E-state index contributed by atoms with van der Waals surface area (Å²) in [6.45, 7) is 0. The molecule has 0 N–H and O–H groups in total. The van der Waals surface area contributed by atoms with Gasteiger partial charge in [0.1, 0.15) is 0 Å². The van der Waals surface area contributed by atoms with Gasteiger partial charge in [0.2, 0.25) is 0 Å². The lowest BCUT2D eigenvalue weighted by molar-refractivity contribution is 0.769. The number of hydrogen-bond donors (Lipinski definition) is 0. The van der Waals surface area contributed by atoms with E-state index in [1.54, 1.807) is 0 Å². The van der Waals surface area contributed by atoms with Gasteiger partial charge >= 0.3 is 0 Å². The SMILES string of the molecule is c1ccc(N(c2ccccc2)c2ccccc2-c2ccc3c4ccc5ccccc5c4n(-c4ccc5c(c4)-c4c(ccc6ccccc46)C5(c4ccccc4)c4ccccc4)c3c2)cc1. The molecule has 2 nitrogen and oxygen atoms in total. The van der Waals surface area contributed by atoms with E-state index in [4.69, 9.17) is 0 Å². The number of para-hydroxylation sites is 3. The number of fused-ring (bicyclic) bond motifs is 10. The molecule has 0 radical (unpaired) electrons. The summed E-state index contributed by atoms with van der Waals surface area (Å²) in [5.41, 5.74) is 16.4. The zero-order chi connectivity index (χ0) is 42.9. The lowest BCUT2D eigenvalue weighted by Crippen LogP contribution is -2.28. The van der Waals surface area contributed by atoms with Crippen molar-refractivity contribution in [2.45, 2.75) is 5.41 Å². The van der Waals surface area contributed by atoms with Crippen LogP contribution in [0.4, 0.5) is 17.1 Å². The average molecular weight is 827 g/mol. The summed E-state index contributed by atoms with van der Waals surface area (Å²) in [5.74, 6) is 0. The first-order valence-corrected chi connectivity index (χ1v) is 22.5. The Balaban J connectivity index is 1.11. The van der Waals surface area contributed by atoms with Crippen LogP contribution in [0.1, 0.15) is 22.3 Å². The van der Waals surface area contributed by atoms with Gasteiger partial charge in [0, 0.05) is 38.8 Å². The van der Waals surface area contributed by atoms with Crippen LogP contribution in [0.3, 0.4) is 0 Å². The van der Waals surface area contributed by atoms with Gasteiger partial charge in [0.25, 0.3) is 0 Å². The zero-order valence-corrected chi connectivity index (χ0v) is 35.6. The molecule has 65 heavy (non-hydrogen) atoms. The summed E-state index contributed by atoms with van der Waals surface area (Å²) in [6, 6.07) is 93.9. The molecule has 12 aromatic rings. The molecule has 0 amide bonds. The number of hydrogen-bond acceptors (Lipinski definition) is 1.